The summed E-state index contributed by atoms with van der Waals surface area (Å²) in [6.07, 6.45) is 0.619. The second kappa shape index (κ2) is 5.77. The summed E-state index contributed by atoms with van der Waals surface area (Å²) in [7, 11) is 1.79. The number of nitrogens with one attached hydrogen (secondary N) is 1. The molecule has 0 saturated heterocycles. The first-order valence-corrected chi connectivity index (χ1v) is 7.26. The molecule has 1 aliphatic heterocycles. The van der Waals surface area contributed by atoms with Crippen molar-refractivity contribution in [1.29, 1.82) is 0 Å². The Bertz CT molecular complexity index is 831. The molecule has 0 aliphatic carbocycles. The van der Waals surface area contributed by atoms with Crippen molar-refractivity contribution in [2.75, 3.05) is 20.1 Å². The van der Waals surface area contributed by atoms with Crippen LogP contribution in [0, 0.1) is 10.1 Å². The minimum atomic E-state index is -0.530. The zero-order valence-corrected chi connectivity index (χ0v) is 12.5. The van der Waals surface area contributed by atoms with Crippen LogP contribution in [-0.2, 0) is 0 Å². The van der Waals surface area contributed by atoms with Gasteiger partial charge in [-0.25, -0.2) is 0 Å². The van der Waals surface area contributed by atoms with Crippen molar-refractivity contribution < 1.29 is 14.5 Å². The largest absolute Gasteiger partial charge is 0.320 e. The van der Waals surface area contributed by atoms with Gasteiger partial charge in [0.15, 0.2) is 0 Å². The van der Waals surface area contributed by atoms with Crippen molar-refractivity contribution >= 4 is 28.3 Å². The SMILES string of the molecule is CNCCCN1C(=O)c2cccc3cc([N+](=O)[O-])cc(c23)C1=O. The molecule has 1 N–H and O–H groups in total. The second-order valence-corrected chi connectivity index (χ2v) is 5.37. The van der Waals surface area contributed by atoms with E-state index in [1.807, 2.05) is 0 Å². The number of hydrogen-bond donors (Lipinski definition) is 1. The van der Waals surface area contributed by atoms with E-state index in [0.29, 0.717) is 29.3 Å². The molecule has 3 rings (SSSR count). The van der Waals surface area contributed by atoms with Crippen LogP contribution in [0.15, 0.2) is 30.3 Å². The van der Waals surface area contributed by atoms with E-state index in [0.717, 1.165) is 4.90 Å². The van der Waals surface area contributed by atoms with Gasteiger partial charge in [0.25, 0.3) is 17.5 Å². The zero-order valence-electron chi connectivity index (χ0n) is 12.5. The number of rotatable bonds is 5. The second-order valence-electron chi connectivity index (χ2n) is 5.37. The zero-order chi connectivity index (χ0) is 16.6. The molecular weight excluding hydrogens is 298 g/mol. The topological polar surface area (TPSA) is 92.6 Å². The van der Waals surface area contributed by atoms with Crippen LogP contribution in [0.25, 0.3) is 10.8 Å². The maximum absolute atomic E-state index is 12.6. The summed E-state index contributed by atoms with van der Waals surface area (Å²) in [6, 6.07) is 7.64. The molecule has 0 atom stereocenters. The van der Waals surface area contributed by atoms with Gasteiger partial charge in [0.05, 0.1) is 10.5 Å². The number of nitro benzene ring substituents is 1. The van der Waals surface area contributed by atoms with E-state index in [-0.39, 0.29) is 23.7 Å². The molecule has 118 valence electrons. The van der Waals surface area contributed by atoms with Gasteiger partial charge in [0, 0.05) is 29.6 Å². The number of amides is 2. The molecule has 0 unspecified atom stereocenters. The van der Waals surface area contributed by atoms with Gasteiger partial charge >= 0.3 is 0 Å². The Labute approximate surface area is 132 Å². The smallest absolute Gasteiger partial charge is 0.270 e. The van der Waals surface area contributed by atoms with E-state index < -0.39 is 10.8 Å². The third-order valence-corrected chi connectivity index (χ3v) is 3.93. The third kappa shape index (κ3) is 2.44. The molecule has 0 aromatic heterocycles. The first-order chi connectivity index (χ1) is 11.0. The number of benzene rings is 2. The van der Waals surface area contributed by atoms with E-state index in [9.17, 15) is 19.7 Å². The molecule has 2 aromatic carbocycles. The third-order valence-electron chi connectivity index (χ3n) is 3.93. The molecule has 7 heteroatoms. The Morgan fingerprint density at radius 1 is 1.17 bits per heavy atom. The van der Waals surface area contributed by atoms with Gasteiger partial charge in [0.1, 0.15) is 0 Å². The Kier molecular flexibility index (Phi) is 3.79. The Morgan fingerprint density at radius 2 is 1.91 bits per heavy atom. The van der Waals surface area contributed by atoms with E-state index in [4.69, 9.17) is 0 Å². The van der Waals surface area contributed by atoms with Crippen LogP contribution >= 0.6 is 0 Å². The van der Waals surface area contributed by atoms with Crippen LogP contribution in [-0.4, -0.2) is 41.8 Å². The van der Waals surface area contributed by atoms with E-state index >= 15 is 0 Å². The van der Waals surface area contributed by atoms with Crippen LogP contribution in [0.2, 0.25) is 0 Å². The molecule has 23 heavy (non-hydrogen) atoms. The van der Waals surface area contributed by atoms with Crippen LogP contribution in [0.4, 0.5) is 5.69 Å². The molecule has 0 radical (unpaired) electrons. The lowest BCUT2D eigenvalue weighted by molar-refractivity contribution is -0.384. The maximum atomic E-state index is 12.6. The lowest BCUT2D eigenvalue weighted by Crippen LogP contribution is -2.41. The first-order valence-electron chi connectivity index (χ1n) is 7.26. The first kappa shape index (κ1) is 15.1. The Balaban J connectivity index is 2.15. The van der Waals surface area contributed by atoms with Crippen LogP contribution in [0.3, 0.4) is 0 Å². The molecule has 0 spiro atoms. The highest BCUT2D eigenvalue weighted by Crippen LogP contribution is 2.33. The van der Waals surface area contributed by atoms with Crippen molar-refractivity contribution in [3.05, 3.63) is 51.6 Å². The summed E-state index contributed by atoms with van der Waals surface area (Å²) < 4.78 is 0. The number of carbonyl (C=O) groups excluding carboxylic acids is 2. The number of carbonyl (C=O) groups is 2. The fourth-order valence-electron chi connectivity index (χ4n) is 2.86. The standard InChI is InChI=1S/C16H15N3O4/c1-17-6-3-7-18-15(20)12-5-2-4-10-8-11(19(22)23)9-13(14(10)12)16(18)21/h2,4-5,8-9,17H,3,6-7H2,1H3. The van der Waals surface area contributed by atoms with Gasteiger partial charge in [-0.05, 0) is 31.5 Å². The minimum absolute atomic E-state index is 0.150. The molecule has 1 aliphatic rings. The maximum Gasteiger partial charge on any atom is 0.270 e. The summed E-state index contributed by atoms with van der Waals surface area (Å²) in [4.78, 5) is 36.9. The number of nitro groups is 1. The summed E-state index contributed by atoms with van der Waals surface area (Å²) >= 11 is 0. The quantitative estimate of drug-likeness (QED) is 0.394. The normalized spacial score (nSPS) is 13.7. The molecular formula is C16H15N3O4. The van der Waals surface area contributed by atoms with Gasteiger partial charge in [-0.1, -0.05) is 12.1 Å². The lowest BCUT2D eigenvalue weighted by atomic mass is 9.93. The lowest BCUT2D eigenvalue weighted by Gasteiger charge is -2.27. The Hall–Kier alpha value is -2.80. The fraction of sp³-hybridized carbons (Fsp3) is 0.250. The van der Waals surface area contributed by atoms with Crippen molar-refractivity contribution in [3.8, 4) is 0 Å². The van der Waals surface area contributed by atoms with Gasteiger partial charge in [-0.2, -0.15) is 0 Å². The summed E-state index contributed by atoms with van der Waals surface area (Å²) in [5, 5.41) is 15.1. The van der Waals surface area contributed by atoms with Crippen molar-refractivity contribution in [2.45, 2.75) is 6.42 Å². The molecule has 1 heterocycles. The number of hydrogen-bond acceptors (Lipinski definition) is 5. The summed E-state index contributed by atoms with van der Waals surface area (Å²) in [5.41, 5.74) is 0.479. The van der Waals surface area contributed by atoms with Crippen molar-refractivity contribution in [3.63, 3.8) is 0 Å². The van der Waals surface area contributed by atoms with Gasteiger partial charge in [0.2, 0.25) is 0 Å². The molecule has 0 saturated carbocycles. The average Bonchev–Trinajstić information content (AvgIpc) is 2.55. The van der Waals surface area contributed by atoms with Gasteiger partial charge in [-0.15, -0.1) is 0 Å². The number of imide groups is 1. The predicted octanol–water partition coefficient (Wildman–Crippen LogP) is 1.95. The van der Waals surface area contributed by atoms with E-state index in [1.165, 1.54) is 12.1 Å². The van der Waals surface area contributed by atoms with Crippen LogP contribution < -0.4 is 5.32 Å². The van der Waals surface area contributed by atoms with Crippen molar-refractivity contribution in [1.82, 2.24) is 10.2 Å². The van der Waals surface area contributed by atoms with E-state index in [1.54, 1.807) is 25.2 Å². The van der Waals surface area contributed by atoms with Gasteiger partial charge < -0.3 is 5.32 Å². The molecule has 0 fully saturated rings. The van der Waals surface area contributed by atoms with E-state index in [2.05, 4.69) is 5.32 Å². The average molecular weight is 313 g/mol. The van der Waals surface area contributed by atoms with Crippen molar-refractivity contribution in [2.24, 2.45) is 0 Å². The molecule has 7 nitrogen and oxygen atoms in total. The highest BCUT2D eigenvalue weighted by atomic mass is 16.6. The monoisotopic (exact) mass is 313 g/mol. The predicted molar refractivity (Wildman–Crippen MR) is 84.5 cm³/mol. The molecule has 0 bridgehead atoms. The Morgan fingerprint density at radius 3 is 2.61 bits per heavy atom. The minimum Gasteiger partial charge on any atom is -0.320 e. The van der Waals surface area contributed by atoms with Gasteiger partial charge in [-0.3, -0.25) is 24.6 Å². The highest BCUT2D eigenvalue weighted by Gasteiger charge is 2.33. The van der Waals surface area contributed by atoms with Crippen LogP contribution in [0.1, 0.15) is 27.1 Å². The number of non-ortho nitro benzene ring substituents is 1. The molecule has 2 aromatic rings. The fourth-order valence-corrected chi connectivity index (χ4v) is 2.86. The highest BCUT2D eigenvalue weighted by molar-refractivity contribution is 6.25. The summed E-state index contributed by atoms with van der Waals surface area (Å²) in [5.74, 6) is -0.823. The summed E-state index contributed by atoms with van der Waals surface area (Å²) in [6.45, 7) is 0.945. The van der Waals surface area contributed by atoms with Crippen LogP contribution in [0.5, 0.6) is 0 Å². The molecule has 2 amide bonds. The number of nitrogens with zero attached hydrogens (tertiary/aromatic N) is 2.